The van der Waals surface area contributed by atoms with Crippen molar-refractivity contribution >= 4 is 12.0 Å². The van der Waals surface area contributed by atoms with Crippen LogP contribution in [0.2, 0.25) is 0 Å². The molecule has 0 aromatic carbocycles. The summed E-state index contributed by atoms with van der Waals surface area (Å²) in [5.41, 5.74) is 0. The van der Waals surface area contributed by atoms with Crippen molar-refractivity contribution in [3.8, 4) is 0 Å². The number of unbranched alkanes of at least 4 members (excludes halogenated alkanes) is 1. The molecular weight excluding hydrogens is 196 g/mol. The third kappa shape index (κ3) is 4.18. The highest BCUT2D eigenvalue weighted by Gasteiger charge is 2.21. The number of hydrogen-bond donors (Lipinski definition) is 1. The Morgan fingerprint density at radius 1 is 1.60 bits per heavy atom. The second kappa shape index (κ2) is 6.27. The molecule has 0 aliphatic carbocycles. The molecule has 5 heteroatoms. The summed E-state index contributed by atoms with van der Waals surface area (Å²) in [5.74, 6) is 0.00292. The number of nitrogens with one attached hydrogen (secondary N) is 1. The Morgan fingerprint density at radius 3 is 3.00 bits per heavy atom. The lowest BCUT2D eigenvalue weighted by Crippen LogP contribution is -2.31. The molecular formula is C10H18N2O3. The van der Waals surface area contributed by atoms with Crippen molar-refractivity contribution in [1.29, 1.82) is 0 Å². The molecule has 0 atom stereocenters. The lowest BCUT2D eigenvalue weighted by molar-refractivity contribution is -0.121. The average molecular weight is 214 g/mol. The summed E-state index contributed by atoms with van der Waals surface area (Å²) in [4.78, 5) is 23.9. The fraction of sp³-hybridized carbons (Fsp3) is 0.800. The second-order valence-corrected chi connectivity index (χ2v) is 3.55. The molecule has 1 N–H and O–H groups in total. The van der Waals surface area contributed by atoms with E-state index < -0.39 is 0 Å². The van der Waals surface area contributed by atoms with E-state index in [0.29, 0.717) is 26.1 Å². The van der Waals surface area contributed by atoms with Crippen LogP contribution in [0.1, 0.15) is 26.2 Å². The minimum atomic E-state index is -0.309. The molecule has 2 amide bonds. The number of ether oxygens (including phenoxy) is 1. The topological polar surface area (TPSA) is 58.6 Å². The highest BCUT2D eigenvalue weighted by Crippen LogP contribution is 2.03. The van der Waals surface area contributed by atoms with E-state index in [0.717, 1.165) is 19.4 Å². The van der Waals surface area contributed by atoms with Gasteiger partial charge in [0.1, 0.15) is 6.61 Å². The first kappa shape index (κ1) is 11.8. The molecule has 1 aliphatic rings. The molecule has 1 aliphatic heterocycles. The summed E-state index contributed by atoms with van der Waals surface area (Å²) in [5, 5.41) is 2.80. The Bertz CT molecular complexity index is 231. The van der Waals surface area contributed by atoms with Crippen molar-refractivity contribution in [3.05, 3.63) is 0 Å². The van der Waals surface area contributed by atoms with Gasteiger partial charge >= 0.3 is 6.09 Å². The average Bonchev–Trinajstić information content (AvgIpc) is 2.61. The Balaban J connectivity index is 2.08. The van der Waals surface area contributed by atoms with Crippen molar-refractivity contribution in [2.75, 3.05) is 26.2 Å². The summed E-state index contributed by atoms with van der Waals surface area (Å²) < 4.78 is 4.75. The fourth-order valence-electron chi connectivity index (χ4n) is 1.36. The molecule has 1 rings (SSSR count). The first-order chi connectivity index (χ1) is 7.24. The zero-order valence-electron chi connectivity index (χ0n) is 9.12. The highest BCUT2D eigenvalue weighted by atomic mass is 16.6. The van der Waals surface area contributed by atoms with Gasteiger partial charge in [0.15, 0.2) is 0 Å². The van der Waals surface area contributed by atoms with Crippen LogP contribution in [0.5, 0.6) is 0 Å². The standard InChI is InChI=1S/C10H18N2O3/c1-2-3-5-11-9(13)4-6-12-7-8-15-10(12)14/h2-8H2,1H3,(H,11,13). The van der Waals surface area contributed by atoms with E-state index in [1.807, 2.05) is 0 Å². The first-order valence-electron chi connectivity index (χ1n) is 5.42. The highest BCUT2D eigenvalue weighted by molar-refractivity contribution is 5.77. The molecule has 0 saturated carbocycles. The monoisotopic (exact) mass is 214 g/mol. The van der Waals surface area contributed by atoms with Crippen LogP contribution < -0.4 is 5.32 Å². The van der Waals surface area contributed by atoms with Crippen LogP contribution in [0.25, 0.3) is 0 Å². The maximum absolute atomic E-state index is 11.3. The van der Waals surface area contributed by atoms with Gasteiger partial charge in [0, 0.05) is 19.5 Å². The van der Waals surface area contributed by atoms with Crippen LogP contribution >= 0.6 is 0 Å². The van der Waals surface area contributed by atoms with Gasteiger partial charge in [-0.3, -0.25) is 4.79 Å². The molecule has 0 bridgehead atoms. The molecule has 5 nitrogen and oxygen atoms in total. The summed E-state index contributed by atoms with van der Waals surface area (Å²) in [6.07, 6.45) is 2.12. The van der Waals surface area contributed by atoms with Crippen LogP contribution in [0, 0.1) is 0 Å². The lowest BCUT2D eigenvalue weighted by Gasteiger charge is -2.11. The Kier molecular flexibility index (Phi) is 4.93. The number of carbonyl (C=O) groups excluding carboxylic acids is 2. The third-order valence-electron chi connectivity index (χ3n) is 2.31. The van der Waals surface area contributed by atoms with Gasteiger partial charge in [-0.2, -0.15) is 0 Å². The Labute approximate surface area is 89.8 Å². The molecule has 1 fully saturated rings. The molecule has 1 saturated heterocycles. The first-order valence-corrected chi connectivity index (χ1v) is 5.42. The second-order valence-electron chi connectivity index (χ2n) is 3.55. The van der Waals surface area contributed by atoms with Gasteiger partial charge < -0.3 is 15.0 Å². The summed E-state index contributed by atoms with van der Waals surface area (Å²) >= 11 is 0. The number of cyclic esters (lactones) is 1. The van der Waals surface area contributed by atoms with Gasteiger partial charge in [0.2, 0.25) is 5.91 Å². The largest absolute Gasteiger partial charge is 0.448 e. The Hall–Kier alpha value is -1.26. The Morgan fingerprint density at radius 2 is 2.40 bits per heavy atom. The predicted octanol–water partition coefficient (Wildman–Crippen LogP) is 0.745. The van der Waals surface area contributed by atoms with E-state index in [9.17, 15) is 9.59 Å². The van der Waals surface area contributed by atoms with Crippen LogP contribution in [-0.4, -0.2) is 43.1 Å². The lowest BCUT2D eigenvalue weighted by atomic mass is 10.3. The SMILES string of the molecule is CCCCNC(=O)CCN1CCOC1=O. The van der Waals surface area contributed by atoms with E-state index in [1.54, 1.807) is 4.90 Å². The summed E-state index contributed by atoms with van der Waals surface area (Å²) in [7, 11) is 0. The zero-order chi connectivity index (χ0) is 11.1. The van der Waals surface area contributed by atoms with Crippen molar-refractivity contribution in [2.45, 2.75) is 26.2 Å². The van der Waals surface area contributed by atoms with Gasteiger partial charge in [0.05, 0.1) is 6.54 Å². The number of carbonyl (C=O) groups is 2. The van der Waals surface area contributed by atoms with Crippen LogP contribution in [0.4, 0.5) is 4.79 Å². The van der Waals surface area contributed by atoms with Gasteiger partial charge in [-0.15, -0.1) is 0 Å². The molecule has 0 radical (unpaired) electrons. The maximum Gasteiger partial charge on any atom is 0.409 e. The quantitative estimate of drug-likeness (QED) is 0.664. The van der Waals surface area contributed by atoms with Crippen molar-refractivity contribution < 1.29 is 14.3 Å². The van der Waals surface area contributed by atoms with Gasteiger partial charge in [-0.1, -0.05) is 13.3 Å². The molecule has 15 heavy (non-hydrogen) atoms. The van der Waals surface area contributed by atoms with Gasteiger partial charge in [0.25, 0.3) is 0 Å². The predicted molar refractivity (Wildman–Crippen MR) is 55.5 cm³/mol. The van der Waals surface area contributed by atoms with Crippen molar-refractivity contribution in [2.24, 2.45) is 0 Å². The number of nitrogens with zero attached hydrogens (tertiary/aromatic N) is 1. The number of hydrogen-bond acceptors (Lipinski definition) is 3. The minimum absolute atomic E-state index is 0.00292. The maximum atomic E-state index is 11.3. The molecule has 0 unspecified atom stereocenters. The van der Waals surface area contributed by atoms with E-state index in [4.69, 9.17) is 4.74 Å². The molecule has 0 aromatic rings. The van der Waals surface area contributed by atoms with E-state index >= 15 is 0 Å². The van der Waals surface area contributed by atoms with Crippen LogP contribution in [-0.2, 0) is 9.53 Å². The zero-order valence-corrected chi connectivity index (χ0v) is 9.12. The third-order valence-corrected chi connectivity index (χ3v) is 2.31. The van der Waals surface area contributed by atoms with Gasteiger partial charge in [-0.05, 0) is 6.42 Å². The summed E-state index contributed by atoms with van der Waals surface area (Å²) in [6, 6.07) is 0. The molecule has 0 aromatic heterocycles. The summed E-state index contributed by atoms with van der Waals surface area (Å²) in [6.45, 7) is 4.29. The smallest absolute Gasteiger partial charge is 0.409 e. The van der Waals surface area contributed by atoms with Crippen LogP contribution in [0.3, 0.4) is 0 Å². The molecule has 1 heterocycles. The van der Waals surface area contributed by atoms with E-state index in [2.05, 4.69) is 12.2 Å². The van der Waals surface area contributed by atoms with Crippen molar-refractivity contribution in [3.63, 3.8) is 0 Å². The molecule has 0 spiro atoms. The van der Waals surface area contributed by atoms with E-state index in [1.165, 1.54) is 0 Å². The van der Waals surface area contributed by atoms with E-state index in [-0.39, 0.29) is 12.0 Å². The number of rotatable bonds is 6. The van der Waals surface area contributed by atoms with Gasteiger partial charge in [-0.25, -0.2) is 4.79 Å². The minimum Gasteiger partial charge on any atom is -0.448 e. The normalized spacial score (nSPS) is 15.3. The van der Waals surface area contributed by atoms with Crippen molar-refractivity contribution in [1.82, 2.24) is 10.2 Å². The van der Waals surface area contributed by atoms with Crippen LogP contribution in [0.15, 0.2) is 0 Å². The fourth-order valence-corrected chi connectivity index (χ4v) is 1.36. The number of amides is 2. The molecule has 86 valence electrons.